The summed E-state index contributed by atoms with van der Waals surface area (Å²) in [7, 11) is 0. The average molecular weight is 244 g/mol. The molecule has 4 nitrogen and oxygen atoms in total. The summed E-state index contributed by atoms with van der Waals surface area (Å²) >= 11 is 0. The van der Waals surface area contributed by atoms with Gasteiger partial charge in [0.15, 0.2) is 0 Å². The molecule has 18 heavy (non-hydrogen) atoms. The minimum Gasteiger partial charge on any atom is -0.385 e. The molecule has 1 aliphatic heterocycles. The molecule has 1 atom stereocenters. The molecule has 3 N–H and O–H groups in total. The number of rotatable bonds is 3. The zero-order chi connectivity index (χ0) is 12.4. The van der Waals surface area contributed by atoms with Crippen molar-refractivity contribution in [1.82, 2.24) is 15.3 Å². The Bertz CT molecular complexity index is 526. The number of aromatic nitrogens is 2. The molecule has 2 aromatic rings. The molecule has 96 valence electrons. The number of hydrogen-bond donors (Lipinski definition) is 3. The lowest BCUT2D eigenvalue weighted by Gasteiger charge is -2.23. The van der Waals surface area contributed by atoms with Crippen molar-refractivity contribution in [3.05, 3.63) is 24.0 Å². The van der Waals surface area contributed by atoms with Crippen LogP contribution in [0.2, 0.25) is 0 Å². The quantitative estimate of drug-likeness (QED) is 0.776. The van der Waals surface area contributed by atoms with Crippen LogP contribution in [0.4, 0.5) is 5.69 Å². The van der Waals surface area contributed by atoms with Crippen LogP contribution < -0.4 is 10.6 Å². The number of H-pyrrole nitrogens is 1. The van der Waals surface area contributed by atoms with Crippen molar-refractivity contribution in [2.45, 2.75) is 19.8 Å². The predicted molar refractivity (Wildman–Crippen MR) is 74.9 cm³/mol. The normalized spacial score (nSPS) is 20.2. The van der Waals surface area contributed by atoms with Crippen LogP contribution in [0.15, 0.2) is 18.2 Å². The van der Waals surface area contributed by atoms with Gasteiger partial charge in [-0.2, -0.15) is 0 Å². The van der Waals surface area contributed by atoms with Gasteiger partial charge in [0.05, 0.1) is 11.0 Å². The van der Waals surface area contributed by atoms with Gasteiger partial charge in [-0.3, -0.25) is 0 Å². The molecule has 3 rings (SSSR count). The maximum atomic E-state index is 4.41. The van der Waals surface area contributed by atoms with Gasteiger partial charge in [0.2, 0.25) is 0 Å². The van der Waals surface area contributed by atoms with Crippen molar-refractivity contribution < 1.29 is 0 Å². The van der Waals surface area contributed by atoms with Crippen LogP contribution in [0.5, 0.6) is 0 Å². The molecule has 1 fully saturated rings. The SMILES string of the molecule is Cc1nc2ccc(NCC3CCCNC3)cc2[nH]1. The third-order valence-corrected chi connectivity index (χ3v) is 3.59. The van der Waals surface area contributed by atoms with Crippen LogP contribution in [-0.4, -0.2) is 29.6 Å². The summed E-state index contributed by atoms with van der Waals surface area (Å²) in [4.78, 5) is 7.68. The molecule has 0 spiro atoms. The van der Waals surface area contributed by atoms with Gasteiger partial charge in [-0.1, -0.05) is 0 Å². The molecule has 1 aliphatic rings. The Hall–Kier alpha value is -1.55. The Morgan fingerprint density at radius 3 is 3.22 bits per heavy atom. The molecule has 0 aliphatic carbocycles. The Balaban J connectivity index is 1.66. The van der Waals surface area contributed by atoms with Crippen molar-refractivity contribution in [2.75, 3.05) is 25.0 Å². The fraction of sp³-hybridized carbons (Fsp3) is 0.500. The summed E-state index contributed by atoms with van der Waals surface area (Å²) < 4.78 is 0. The molecule has 0 bridgehead atoms. The highest BCUT2D eigenvalue weighted by atomic mass is 14.9. The summed E-state index contributed by atoms with van der Waals surface area (Å²) in [5, 5.41) is 6.98. The standard InChI is InChI=1S/C14H20N4/c1-10-17-13-5-4-12(7-14(13)18-10)16-9-11-3-2-6-15-8-11/h4-5,7,11,15-16H,2-3,6,8-9H2,1H3,(H,17,18). The Labute approximate surface area is 107 Å². The summed E-state index contributed by atoms with van der Waals surface area (Å²) in [5.74, 6) is 1.72. The number of aromatic amines is 1. The first-order valence-electron chi connectivity index (χ1n) is 6.72. The average Bonchev–Trinajstić information content (AvgIpc) is 2.77. The molecule has 1 unspecified atom stereocenters. The molecular formula is C14H20N4. The Morgan fingerprint density at radius 1 is 1.44 bits per heavy atom. The zero-order valence-corrected chi connectivity index (χ0v) is 10.8. The fourth-order valence-corrected chi connectivity index (χ4v) is 2.61. The molecule has 1 saturated heterocycles. The van der Waals surface area contributed by atoms with E-state index < -0.39 is 0 Å². The summed E-state index contributed by atoms with van der Waals surface area (Å²) in [6, 6.07) is 6.32. The smallest absolute Gasteiger partial charge is 0.104 e. The third kappa shape index (κ3) is 2.48. The first-order valence-corrected chi connectivity index (χ1v) is 6.72. The van der Waals surface area contributed by atoms with Crippen molar-refractivity contribution in [1.29, 1.82) is 0 Å². The highest BCUT2D eigenvalue weighted by molar-refractivity contribution is 5.79. The van der Waals surface area contributed by atoms with Crippen LogP contribution in [0.3, 0.4) is 0 Å². The predicted octanol–water partition coefficient (Wildman–Crippen LogP) is 2.28. The van der Waals surface area contributed by atoms with Gasteiger partial charge in [0.25, 0.3) is 0 Å². The monoisotopic (exact) mass is 244 g/mol. The number of nitrogens with one attached hydrogen (secondary N) is 3. The van der Waals surface area contributed by atoms with Gasteiger partial charge in [0.1, 0.15) is 5.82 Å². The van der Waals surface area contributed by atoms with Crippen molar-refractivity contribution in [2.24, 2.45) is 5.92 Å². The first kappa shape index (κ1) is 11.5. The van der Waals surface area contributed by atoms with Gasteiger partial charge in [-0.15, -0.1) is 0 Å². The van der Waals surface area contributed by atoms with Crippen molar-refractivity contribution in [3.63, 3.8) is 0 Å². The first-order chi connectivity index (χ1) is 8.81. The number of fused-ring (bicyclic) bond motifs is 1. The van der Waals surface area contributed by atoms with Gasteiger partial charge < -0.3 is 15.6 Å². The van der Waals surface area contributed by atoms with Gasteiger partial charge in [-0.25, -0.2) is 4.98 Å². The van der Waals surface area contributed by atoms with Crippen molar-refractivity contribution in [3.8, 4) is 0 Å². The van der Waals surface area contributed by atoms with E-state index in [0.717, 1.165) is 35.9 Å². The van der Waals surface area contributed by atoms with E-state index in [1.807, 2.05) is 6.92 Å². The largest absolute Gasteiger partial charge is 0.385 e. The lowest BCUT2D eigenvalue weighted by Crippen LogP contribution is -2.33. The minimum atomic E-state index is 0.748. The third-order valence-electron chi connectivity index (χ3n) is 3.59. The molecule has 0 radical (unpaired) electrons. The van der Waals surface area contributed by atoms with Gasteiger partial charge in [-0.05, 0) is 57.0 Å². The van der Waals surface area contributed by atoms with E-state index in [1.165, 1.54) is 25.1 Å². The van der Waals surface area contributed by atoms with E-state index in [0.29, 0.717) is 0 Å². The van der Waals surface area contributed by atoms with E-state index in [2.05, 4.69) is 38.8 Å². The second-order valence-electron chi connectivity index (χ2n) is 5.15. The van der Waals surface area contributed by atoms with E-state index >= 15 is 0 Å². The van der Waals surface area contributed by atoms with E-state index in [-0.39, 0.29) is 0 Å². The van der Waals surface area contributed by atoms with Crippen molar-refractivity contribution >= 4 is 16.7 Å². The fourth-order valence-electron chi connectivity index (χ4n) is 2.61. The van der Waals surface area contributed by atoms with E-state index in [4.69, 9.17) is 0 Å². The van der Waals surface area contributed by atoms with E-state index in [9.17, 15) is 0 Å². The lowest BCUT2D eigenvalue weighted by atomic mass is 10.00. The van der Waals surface area contributed by atoms with Crippen LogP contribution in [0.25, 0.3) is 11.0 Å². The molecule has 1 aromatic carbocycles. The number of piperidine rings is 1. The highest BCUT2D eigenvalue weighted by Crippen LogP contribution is 2.18. The topological polar surface area (TPSA) is 52.7 Å². The Kier molecular flexibility index (Phi) is 3.19. The summed E-state index contributed by atoms with van der Waals surface area (Å²) in [5.41, 5.74) is 3.33. The number of imidazole rings is 1. The lowest BCUT2D eigenvalue weighted by molar-refractivity contribution is 0.393. The Morgan fingerprint density at radius 2 is 2.39 bits per heavy atom. The maximum Gasteiger partial charge on any atom is 0.104 e. The minimum absolute atomic E-state index is 0.748. The van der Waals surface area contributed by atoms with Crippen LogP contribution >= 0.6 is 0 Å². The summed E-state index contributed by atoms with van der Waals surface area (Å²) in [6.45, 7) is 5.35. The number of benzene rings is 1. The van der Waals surface area contributed by atoms with Crippen LogP contribution in [-0.2, 0) is 0 Å². The molecule has 0 amide bonds. The van der Waals surface area contributed by atoms with E-state index in [1.54, 1.807) is 0 Å². The molecule has 4 heteroatoms. The number of nitrogens with zero attached hydrogens (tertiary/aromatic N) is 1. The molecule has 1 aromatic heterocycles. The summed E-state index contributed by atoms with van der Waals surface area (Å²) in [6.07, 6.45) is 2.62. The van der Waals surface area contributed by atoms with Gasteiger partial charge in [0, 0.05) is 12.2 Å². The molecular weight excluding hydrogens is 224 g/mol. The number of hydrogen-bond acceptors (Lipinski definition) is 3. The van der Waals surface area contributed by atoms with Crippen LogP contribution in [0.1, 0.15) is 18.7 Å². The van der Waals surface area contributed by atoms with Gasteiger partial charge >= 0.3 is 0 Å². The zero-order valence-electron chi connectivity index (χ0n) is 10.8. The number of aryl methyl sites for hydroxylation is 1. The highest BCUT2D eigenvalue weighted by Gasteiger charge is 2.12. The second-order valence-corrected chi connectivity index (χ2v) is 5.15. The molecule has 0 saturated carbocycles. The number of anilines is 1. The van der Waals surface area contributed by atoms with Crippen LogP contribution in [0, 0.1) is 12.8 Å². The second kappa shape index (κ2) is 4.98. The maximum absolute atomic E-state index is 4.41. The molecule has 2 heterocycles.